The summed E-state index contributed by atoms with van der Waals surface area (Å²) in [5, 5.41) is 9.94. The lowest BCUT2D eigenvalue weighted by atomic mass is 9.81. The van der Waals surface area contributed by atoms with E-state index in [-0.39, 0.29) is 11.4 Å². The van der Waals surface area contributed by atoms with Gasteiger partial charge in [-0.15, -0.1) is 0 Å². The molecule has 1 aliphatic carbocycles. The standard InChI is InChI=1S/C15H23NO4S/c1-12(2)10-20-13-4-6-14(7-5-13)21(18,19)16-11-15(17)8-3-9-15/h4-7,12,16-17H,3,8-11H2,1-2H3. The minimum absolute atomic E-state index is 0.0704. The molecule has 0 aliphatic heterocycles. The number of aliphatic hydroxyl groups is 1. The molecule has 5 nitrogen and oxygen atoms in total. The molecule has 0 amide bonds. The Kier molecular flexibility index (Phi) is 4.91. The highest BCUT2D eigenvalue weighted by Crippen LogP contribution is 2.31. The Hall–Kier alpha value is -1.11. The molecule has 0 bridgehead atoms. The van der Waals surface area contributed by atoms with Crippen LogP contribution in [0, 0.1) is 5.92 Å². The summed E-state index contributed by atoms with van der Waals surface area (Å²) >= 11 is 0. The van der Waals surface area contributed by atoms with Crippen molar-refractivity contribution in [3.63, 3.8) is 0 Å². The van der Waals surface area contributed by atoms with Crippen molar-refractivity contribution in [1.82, 2.24) is 4.72 Å². The molecule has 1 fully saturated rings. The zero-order valence-corrected chi connectivity index (χ0v) is 13.3. The topological polar surface area (TPSA) is 75.6 Å². The van der Waals surface area contributed by atoms with Crippen molar-refractivity contribution in [2.24, 2.45) is 5.92 Å². The quantitative estimate of drug-likeness (QED) is 0.806. The van der Waals surface area contributed by atoms with Crippen molar-refractivity contribution in [1.29, 1.82) is 0 Å². The van der Waals surface area contributed by atoms with Crippen LogP contribution >= 0.6 is 0 Å². The van der Waals surface area contributed by atoms with E-state index in [9.17, 15) is 13.5 Å². The Morgan fingerprint density at radius 2 is 1.90 bits per heavy atom. The van der Waals surface area contributed by atoms with E-state index < -0.39 is 15.6 Å². The molecular formula is C15H23NO4S. The van der Waals surface area contributed by atoms with Gasteiger partial charge >= 0.3 is 0 Å². The molecule has 2 N–H and O–H groups in total. The maximum absolute atomic E-state index is 12.1. The van der Waals surface area contributed by atoms with Gasteiger partial charge in [-0.25, -0.2) is 13.1 Å². The average Bonchev–Trinajstić information content (AvgIpc) is 2.41. The monoisotopic (exact) mass is 313 g/mol. The van der Waals surface area contributed by atoms with Crippen LogP contribution in [-0.4, -0.2) is 32.3 Å². The van der Waals surface area contributed by atoms with Gasteiger partial charge < -0.3 is 9.84 Å². The van der Waals surface area contributed by atoms with E-state index in [0.29, 0.717) is 31.1 Å². The molecule has 1 aliphatic rings. The maximum atomic E-state index is 12.1. The van der Waals surface area contributed by atoms with Crippen LogP contribution in [0.3, 0.4) is 0 Å². The third kappa shape index (κ3) is 4.43. The molecule has 6 heteroatoms. The highest BCUT2D eigenvalue weighted by Gasteiger charge is 2.35. The lowest BCUT2D eigenvalue weighted by Gasteiger charge is -2.36. The van der Waals surface area contributed by atoms with Crippen molar-refractivity contribution in [3.8, 4) is 5.75 Å². The summed E-state index contributed by atoms with van der Waals surface area (Å²) < 4.78 is 32.3. The Morgan fingerprint density at radius 3 is 2.38 bits per heavy atom. The summed E-state index contributed by atoms with van der Waals surface area (Å²) in [6.07, 6.45) is 2.25. The van der Waals surface area contributed by atoms with Crippen LogP contribution in [0.15, 0.2) is 29.2 Å². The molecule has 0 saturated heterocycles. The van der Waals surface area contributed by atoms with Gasteiger partial charge in [-0.1, -0.05) is 13.8 Å². The largest absolute Gasteiger partial charge is 0.493 e. The van der Waals surface area contributed by atoms with E-state index in [1.807, 2.05) is 13.8 Å². The van der Waals surface area contributed by atoms with Gasteiger partial charge in [0.15, 0.2) is 0 Å². The fourth-order valence-corrected chi connectivity index (χ4v) is 3.17. The van der Waals surface area contributed by atoms with Crippen LogP contribution in [0.25, 0.3) is 0 Å². The summed E-state index contributed by atoms with van der Waals surface area (Å²) in [4.78, 5) is 0.183. The first-order chi connectivity index (χ1) is 9.81. The molecule has 0 aromatic heterocycles. The number of ether oxygens (including phenoxy) is 1. The normalized spacial score (nSPS) is 17.5. The number of nitrogens with one attached hydrogen (secondary N) is 1. The first kappa shape index (κ1) is 16.3. The zero-order valence-electron chi connectivity index (χ0n) is 12.5. The maximum Gasteiger partial charge on any atom is 0.240 e. The lowest BCUT2D eigenvalue weighted by Crippen LogP contribution is -2.47. The second kappa shape index (κ2) is 6.34. The Balaban J connectivity index is 1.96. The van der Waals surface area contributed by atoms with Crippen molar-refractivity contribution in [3.05, 3.63) is 24.3 Å². The van der Waals surface area contributed by atoms with Crippen LogP contribution in [-0.2, 0) is 10.0 Å². The number of sulfonamides is 1. The summed E-state index contributed by atoms with van der Waals surface area (Å²) in [6.45, 7) is 4.76. The second-order valence-electron chi connectivity index (χ2n) is 6.08. The molecule has 0 radical (unpaired) electrons. The zero-order chi connectivity index (χ0) is 15.5. The highest BCUT2D eigenvalue weighted by atomic mass is 32.2. The van der Waals surface area contributed by atoms with Crippen molar-refractivity contribution in [2.45, 2.75) is 43.6 Å². The van der Waals surface area contributed by atoms with Gasteiger partial charge in [0, 0.05) is 6.54 Å². The second-order valence-corrected chi connectivity index (χ2v) is 7.85. The van der Waals surface area contributed by atoms with E-state index in [1.165, 1.54) is 12.1 Å². The van der Waals surface area contributed by atoms with Gasteiger partial charge in [0.25, 0.3) is 0 Å². The van der Waals surface area contributed by atoms with Crippen LogP contribution in [0.5, 0.6) is 5.75 Å². The Bertz CT molecular complexity index is 562. The van der Waals surface area contributed by atoms with Gasteiger partial charge in [-0.3, -0.25) is 0 Å². The van der Waals surface area contributed by atoms with E-state index in [4.69, 9.17) is 4.74 Å². The van der Waals surface area contributed by atoms with Gasteiger partial charge in [0.1, 0.15) is 5.75 Å². The minimum Gasteiger partial charge on any atom is -0.493 e. The highest BCUT2D eigenvalue weighted by molar-refractivity contribution is 7.89. The first-order valence-corrected chi connectivity index (χ1v) is 8.74. The summed E-state index contributed by atoms with van der Waals surface area (Å²) in [5.41, 5.74) is -0.868. The molecule has 1 aromatic carbocycles. The summed E-state index contributed by atoms with van der Waals surface area (Å²) in [7, 11) is -3.58. The SMILES string of the molecule is CC(C)COc1ccc(S(=O)(=O)NCC2(O)CCC2)cc1. The summed E-state index contributed by atoms with van der Waals surface area (Å²) in [5.74, 6) is 1.07. The molecule has 2 rings (SSSR count). The third-order valence-electron chi connectivity index (χ3n) is 3.59. The van der Waals surface area contributed by atoms with Gasteiger partial charge in [0.05, 0.1) is 17.1 Å². The van der Waals surface area contributed by atoms with E-state index in [0.717, 1.165) is 6.42 Å². The smallest absolute Gasteiger partial charge is 0.240 e. The lowest BCUT2D eigenvalue weighted by molar-refractivity contribution is -0.0270. The van der Waals surface area contributed by atoms with Crippen molar-refractivity contribution >= 4 is 10.0 Å². The molecule has 0 atom stereocenters. The van der Waals surface area contributed by atoms with E-state index in [2.05, 4.69) is 4.72 Å². The van der Waals surface area contributed by atoms with Gasteiger partial charge in [0.2, 0.25) is 10.0 Å². The average molecular weight is 313 g/mol. The van der Waals surface area contributed by atoms with Gasteiger partial charge in [-0.2, -0.15) is 0 Å². The van der Waals surface area contributed by atoms with Crippen LogP contribution < -0.4 is 9.46 Å². The molecule has 1 aromatic rings. The fraction of sp³-hybridized carbons (Fsp3) is 0.600. The molecule has 1 saturated carbocycles. The Morgan fingerprint density at radius 1 is 1.29 bits per heavy atom. The predicted molar refractivity (Wildman–Crippen MR) is 80.8 cm³/mol. The van der Waals surface area contributed by atoms with Crippen molar-refractivity contribution in [2.75, 3.05) is 13.2 Å². The number of hydrogen-bond acceptors (Lipinski definition) is 4. The number of rotatable bonds is 7. The van der Waals surface area contributed by atoms with Gasteiger partial charge in [-0.05, 0) is 49.4 Å². The minimum atomic E-state index is -3.58. The number of benzene rings is 1. The molecule has 0 spiro atoms. The molecular weight excluding hydrogens is 290 g/mol. The molecule has 0 unspecified atom stereocenters. The first-order valence-electron chi connectivity index (χ1n) is 7.26. The molecule has 118 valence electrons. The third-order valence-corrected chi connectivity index (χ3v) is 5.01. The van der Waals surface area contributed by atoms with Crippen LogP contribution in [0.2, 0.25) is 0 Å². The molecule has 0 heterocycles. The molecule has 21 heavy (non-hydrogen) atoms. The summed E-state index contributed by atoms with van der Waals surface area (Å²) in [6, 6.07) is 6.33. The number of hydrogen-bond donors (Lipinski definition) is 2. The van der Waals surface area contributed by atoms with Crippen molar-refractivity contribution < 1.29 is 18.3 Å². The van der Waals surface area contributed by atoms with E-state index in [1.54, 1.807) is 12.1 Å². The van der Waals surface area contributed by atoms with Crippen LogP contribution in [0.4, 0.5) is 0 Å². The Labute approximate surface area is 126 Å². The fourth-order valence-electron chi connectivity index (χ4n) is 2.05. The predicted octanol–water partition coefficient (Wildman–Crippen LogP) is 1.91. The van der Waals surface area contributed by atoms with Crippen LogP contribution in [0.1, 0.15) is 33.1 Å². The van der Waals surface area contributed by atoms with E-state index >= 15 is 0 Å².